The summed E-state index contributed by atoms with van der Waals surface area (Å²) in [5, 5.41) is 0. The summed E-state index contributed by atoms with van der Waals surface area (Å²) < 4.78 is 6.03. The zero-order chi connectivity index (χ0) is 9.31. The summed E-state index contributed by atoms with van der Waals surface area (Å²) in [5.74, 6) is 0.765. The van der Waals surface area contributed by atoms with Crippen LogP contribution in [0.1, 0.15) is 45.4 Å². The van der Waals surface area contributed by atoms with Crippen molar-refractivity contribution in [1.29, 1.82) is 0 Å². The molecule has 0 aromatic heterocycles. The highest BCUT2D eigenvalue weighted by atomic mass is 16.5. The molecule has 2 atom stereocenters. The Morgan fingerprint density at radius 1 is 1.46 bits per heavy atom. The van der Waals surface area contributed by atoms with E-state index in [0.29, 0.717) is 0 Å². The molecule has 74 valence electrons. The van der Waals surface area contributed by atoms with Crippen LogP contribution in [-0.4, -0.2) is 12.2 Å². The molecule has 1 heteroatoms. The van der Waals surface area contributed by atoms with Crippen molar-refractivity contribution in [2.24, 2.45) is 5.92 Å². The lowest BCUT2D eigenvalue weighted by molar-refractivity contribution is -0.108. The van der Waals surface area contributed by atoms with Crippen molar-refractivity contribution in [3.8, 4) is 0 Å². The van der Waals surface area contributed by atoms with E-state index < -0.39 is 0 Å². The first-order valence-corrected chi connectivity index (χ1v) is 5.51. The van der Waals surface area contributed by atoms with E-state index in [1.54, 1.807) is 0 Å². The monoisotopic (exact) mass is 180 g/mol. The maximum atomic E-state index is 6.03. The molecule has 1 heterocycles. The Morgan fingerprint density at radius 3 is 2.92 bits per heavy atom. The summed E-state index contributed by atoms with van der Waals surface area (Å²) in [6, 6.07) is 0. The molecular weight excluding hydrogens is 160 g/mol. The maximum Gasteiger partial charge on any atom is 0.0719 e. The maximum absolute atomic E-state index is 6.03. The summed E-state index contributed by atoms with van der Waals surface area (Å²) in [4.78, 5) is 0. The predicted molar refractivity (Wildman–Crippen MR) is 54.7 cm³/mol. The fourth-order valence-corrected chi connectivity index (χ4v) is 2.61. The van der Waals surface area contributed by atoms with Gasteiger partial charge in [0.1, 0.15) is 0 Å². The summed E-state index contributed by atoms with van der Waals surface area (Å²) in [5.41, 5.74) is 1.61. The first-order chi connectivity index (χ1) is 6.20. The molecule has 1 aliphatic heterocycles. The third kappa shape index (κ3) is 1.96. The number of hydrogen-bond donors (Lipinski definition) is 0. The van der Waals surface area contributed by atoms with Gasteiger partial charge >= 0.3 is 0 Å². The van der Waals surface area contributed by atoms with Gasteiger partial charge in [-0.05, 0) is 44.4 Å². The second-order valence-electron chi connectivity index (χ2n) is 4.92. The Labute approximate surface area is 81.2 Å². The van der Waals surface area contributed by atoms with Crippen molar-refractivity contribution in [3.63, 3.8) is 0 Å². The summed E-state index contributed by atoms with van der Waals surface area (Å²) in [6.45, 7) is 7.35. The predicted octanol–water partition coefficient (Wildman–Crippen LogP) is 3.30. The molecular formula is C12H20O. The fourth-order valence-electron chi connectivity index (χ4n) is 2.61. The molecule has 0 N–H and O–H groups in total. The quantitative estimate of drug-likeness (QED) is 0.520. The fraction of sp³-hybridized carbons (Fsp3) is 0.833. The Bertz CT molecular complexity index is 199. The number of ether oxygens (including phenoxy) is 1. The smallest absolute Gasteiger partial charge is 0.0719 e. The highest BCUT2D eigenvalue weighted by Gasteiger charge is 2.37. The summed E-state index contributed by atoms with van der Waals surface area (Å²) in [6.07, 6.45) is 7.49. The van der Waals surface area contributed by atoms with Gasteiger partial charge in [-0.1, -0.05) is 19.1 Å². The van der Waals surface area contributed by atoms with Crippen LogP contribution in [0.2, 0.25) is 0 Å². The van der Waals surface area contributed by atoms with Gasteiger partial charge in [0.25, 0.3) is 0 Å². The zero-order valence-corrected chi connectivity index (χ0v) is 8.64. The highest BCUT2D eigenvalue weighted by molar-refractivity contribution is 5.07. The normalized spacial score (nSPS) is 41.0. The Balaban J connectivity index is 1.99. The lowest BCUT2D eigenvalue weighted by atomic mass is 9.76. The van der Waals surface area contributed by atoms with E-state index in [-0.39, 0.29) is 5.60 Å². The molecule has 0 amide bonds. The van der Waals surface area contributed by atoms with Crippen LogP contribution >= 0.6 is 0 Å². The minimum atomic E-state index is 0.210. The zero-order valence-electron chi connectivity index (χ0n) is 8.64. The molecule has 0 aromatic rings. The van der Waals surface area contributed by atoms with Gasteiger partial charge in [-0.3, -0.25) is 0 Å². The average Bonchev–Trinajstić information content (AvgIpc) is 2.11. The molecule has 0 radical (unpaired) electrons. The van der Waals surface area contributed by atoms with Crippen molar-refractivity contribution in [1.82, 2.24) is 0 Å². The van der Waals surface area contributed by atoms with Gasteiger partial charge < -0.3 is 4.74 Å². The van der Waals surface area contributed by atoms with E-state index >= 15 is 0 Å². The summed E-state index contributed by atoms with van der Waals surface area (Å²) in [7, 11) is 0. The van der Waals surface area contributed by atoms with Crippen LogP contribution in [0.3, 0.4) is 0 Å². The van der Waals surface area contributed by atoms with Gasteiger partial charge in [0, 0.05) is 6.61 Å². The molecule has 0 unspecified atom stereocenters. The molecule has 2 aliphatic rings. The van der Waals surface area contributed by atoms with E-state index in [0.717, 1.165) is 18.9 Å². The van der Waals surface area contributed by atoms with Crippen molar-refractivity contribution in [3.05, 3.63) is 12.2 Å². The Morgan fingerprint density at radius 2 is 2.31 bits per heavy atom. The second kappa shape index (κ2) is 3.45. The first-order valence-electron chi connectivity index (χ1n) is 5.51. The van der Waals surface area contributed by atoms with E-state index in [1.165, 1.54) is 37.7 Å². The molecule has 1 spiro atoms. The van der Waals surface area contributed by atoms with Gasteiger partial charge in [-0.15, -0.1) is 0 Å². The van der Waals surface area contributed by atoms with Gasteiger partial charge in [-0.2, -0.15) is 0 Å². The molecule has 1 saturated heterocycles. The van der Waals surface area contributed by atoms with Crippen LogP contribution in [0.4, 0.5) is 0 Å². The molecule has 1 nitrogen and oxygen atoms in total. The van der Waals surface area contributed by atoms with Gasteiger partial charge in [0.2, 0.25) is 0 Å². The van der Waals surface area contributed by atoms with Crippen LogP contribution in [0, 0.1) is 5.92 Å². The highest BCUT2D eigenvalue weighted by Crippen LogP contribution is 2.41. The van der Waals surface area contributed by atoms with Crippen molar-refractivity contribution in [2.45, 2.75) is 51.0 Å². The van der Waals surface area contributed by atoms with Crippen LogP contribution < -0.4 is 0 Å². The van der Waals surface area contributed by atoms with E-state index in [4.69, 9.17) is 4.74 Å². The molecule has 1 aliphatic carbocycles. The SMILES string of the molecule is C=C1CCC[C@]2(CC[C@H](C)CO2)C1. The lowest BCUT2D eigenvalue weighted by Crippen LogP contribution is -2.40. The lowest BCUT2D eigenvalue weighted by Gasteiger charge is -2.42. The molecule has 2 rings (SSSR count). The standard InChI is InChI=1S/C12H20O/c1-10-4-3-6-12(8-10)7-5-11(2)9-13-12/h11H,1,3-9H2,2H3/t11-,12-/m0/s1. The van der Waals surface area contributed by atoms with Crippen LogP contribution in [0.5, 0.6) is 0 Å². The van der Waals surface area contributed by atoms with Gasteiger partial charge in [0.05, 0.1) is 5.60 Å². The minimum Gasteiger partial charge on any atom is -0.374 e. The average molecular weight is 180 g/mol. The Hall–Kier alpha value is -0.300. The topological polar surface area (TPSA) is 9.23 Å². The summed E-state index contributed by atoms with van der Waals surface area (Å²) >= 11 is 0. The largest absolute Gasteiger partial charge is 0.374 e. The van der Waals surface area contributed by atoms with Crippen molar-refractivity contribution < 1.29 is 4.74 Å². The Kier molecular flexibility index (Phi) is 2.46. The van der Waals surface area contributed by atoms with Crippen LogP contribution in [-0.2, 0) is 4.74 Å². The molecule has 2 fully saturated rings. The van der Waals surface area contributed by atoms with Crippen molar-refractivity contribution in [2.75, 3.05) is 6.61 Å². The number of rotatable bonds is 0. The number of hydrogen-bond acceptors (Lipinski definition) is 1. The van der Waals surface area contributed by atoms with Gasteiger partial charge in [-0.25, -0.2) is 0 Å². The van der Waals surface area contributed by atoms with E-state index in [1.807, 2.05) is 0 Å². The minimum absolute atomic E-state index is 0.210. The first kappa shape index (κ1) is 9.26. The van der Waals surface area contributed by atoms with E-state index in [2.05, 4.69) is 13.5 Å². The molecule has 13 heavy (non-hydrogen) atoms. The third-order valence-electron chi connectivity index (χ3n) is 3.50. The van der Waals surface area contributed by atoms with Crippen LogP contribution in [0.25, 0.3) is 0 Å². The van der Waals surface area contributed by atoms with Gasteiger partial charge in [0.15, 0.2) is 0 Å². The molecule has 0 aromatic carbocycles. The molecule has 0 bridgehead atoms. The molecule has 1 saturated carbocycles. The second-order valence-corrected chi connectivity index (χ2v) is 4.92. The van der Waals surface area contributed by atoms with Crippen molar-refractivity contribution >= 4 is 0 Å². The van der Waals surface area contributed by atoms with E-state index in [9.17, 15) is 0 Å². The third-order valence-corrected chi connectivity index (χ3v) is 3.50. The van der Waals surface area contributed by atoms with Crippen LogP contribution in [0.15, 0.2) is 12.2 Å².